The number of nitrogens with one attached hydrogen (secondary N) is 1. The lowest BCUT2D eigenvalue weighted by Crippen LogP contribution is -2.38. The summed E-state index contributed by atoms with van der Waals surface area (Å²) in [5.74, 6) is 1.27. The van der Waals surface area contributed by atoms with Crippen molar-refractivity contribution in [3.8, 4) is 11.5 Å². The summed E-state index contributed by atoms with van der Waals surface area (Å²) in [6, 6.07) is 14.0. The fraction of sp³-hybridized carbons (Fsp3) is 0.364. The Balaban J connectivity index is 1.79. The highest BCUT2D eigenvalue weighted by molar-refractivity contribution is 5.79. The third-order valence-corrected chi connectivity index (χ3v) is 5.26. The number of hydrogen-bond acceptors (Lipinski definition) is 4. The van der Waals surface area contributed by atoms with Crippen LogP contribution in [0.1, 0.15) is 42.5 Å². The number of urea groups is 1. The number of amides is 3. The summed E-state index contributed by atoms with van der Waals surface area (Å²) in [6.45, 7) is 0.677. The molecule has 3 N–H and O–H groups in total. The molecule has 1 fully saturated rings. The highest BCUT2D eigenvalue weighted by Gasteiger charge is 2.32. The third-order valence-electron chi connectivity index (χ3n) is 5.26. The second-order valence-corrected chi connectivity index (χ2v) is 7.04. The van der Waals surface area contributed by atoms with E-state index in [1.54, 1.807) is 14.2 Å². The van der Waals surface area contributed by atoms with Crippen LogP contribution in [0.2, 0.25) is 0 Å². The van der Waals surface area contributed by atoms with Crippen LogP contribution < -0.4 is 20.5 Å². The number of likely N-dealkylation sites (tertiary alicyclic amines) is 1. The first kappa shape index (κ1) is 20.5. The number of nitrogens with zero attached hydrogens (tertiary/aromatic N) is 1. The summed E-state index contributed by atoms with van der Waals surface area (Å²) in [5.41, 5.74) is 7.19. The van der Waals surface area contributed by atoms with Gasteiger partial charge in [0.2, 0.25) is 5.91 Å². The number of primary amides is 1. The minimum Gasteiger partial charge on any atom is -0.493 e. The van der Waals surface area contributed by atoms with Gasteiger partial charge in [-0.3, -0.25) is 4.79 Å². The van der Waals surface area contributed by atoms with E-state index in [1.165, 1.54) is 0 Å². The third kappa shape index (κ3) is 4.80. The molecule has 3 rings (SSSR count). The first-order valence-corrected chi connectivity index (χ1v) is 9.65. The standard InChI is InChI=1S/C22H27N3O4/c1-28-19-11-10-16(13-20(19)29-2)18-9-6-12-25(18)21(26)14-17(24-22(23)27)15-7-4-3-5-8-15/h3-5,7-8,10-11,13,17-18H,6,9,12,14H2,1-2H3,(H3,23,24,27)/t17-,18+/m0/s1. The van der Waals surface area contributed by atoms with Crippen LogP contribution in [0.5, 0.6) is 11.5 Å². The van der Waals surface area contributed by atoms with Gasteiger partial charge < -0.3 is 25.4 Å². The summed E-state index contributed by atoms with van der Waals surface area (Å²) >= 11 is 0. The molecule has 1 saturated heterocycles. The molecule has 0 bridgehead atoms. The molecule has 1 aliphatic heterocycles. The number of methoxy groups -OCH3 is 2. The lowest BCUT2D eigenvalue weighted by Gasteiger charge is -2.28. The maximum absolute atomic E-state index is 13.1. The molecular formula is C22H27N3O4. The molecule has 2 aromatic carbocycles. The number of benzene rings is 2. The van der Waals surface area contributed by atoms with Crippen molar-refractivity contribution in [2.45, 2.75) is 31.3 Å². The van der Waals surface area contributed by atoms with Gasteiger partial charge in [-0.1, -0.05) is 36.4 Å². The number of carbonyl (C=O) groups is 2. The van der Waals surface area contributed by atoms with Crippen molar-refractivity contribution >= 4 is 11.9 Å². The van der Waals surface area contributed by atoms with Crippen molar-refractivity contribution in [3.05, 3.63) is 59.7 Å². The molecule has 1 heterocycles. The fourth-order valence-corrected chi connectivity index (χ4v) is 3.87. The van der Waals surface area contributed by atoms with E-state index in [2.05, 4.69) is 5.32 Å². The molecule has 7 nitrogen and oxygen atoms in total. The Morgan fingerprint density at radius 3 is 2.52 bits per heavy atom. The lowest BCUT2D eigenvalue weighted by atomic mass is 10.0. The molecule has 154 valence electrons. The summed E-state index contributed by atoms with van der Waals surface area (Å²) in [6.07, 6.45) is 1.95. The van der Waals surface area contributed by atoms with Crippen molar-refractivity contribution in [2.24, 2.45) is 5.73 Å². The summed E-state index contributed by atoms with van der Waals surface area (Å²) in [5, 5.41) is 2.69. The highest BCUT2D eigenvalue weighted by Crippen LogP contribution is 2.37. The number of hydrogen-bond donors (Lipinski definition) is 2. The smallest absolute Gasteiger partial charge is 0.312 e. The Bertz CT molecular complexity index is 856. The number of rotatable bonds is 7. The lowest BCUT2D eigenvalue weighted by molar-refractivity contribution is -0.132. The van der Waals surface area contributed by atoms with Crippen molar-refractivity contribution in [1.29, 1.82) is 0 Å². The van der Waals surface area contributed by atoms with Gasteiger partial charge in [0.25, 0.3) is 0 Å². The molecular weight excluding hydrogens is 370 g/mol. The van der Waals surface area contributed by atoms with Crippen LogP contribution >= 0.6 is 0 Å². The van der Waals surface area contributed by atoms with Crippen molar-refractivity contribution in [3.63, 3.8) is 0 Å². The molecule has 0 radical (unpaired) electrons. The Kier molecular flexibility index (Phi) is 6.59. The van der Waals surface area contributed by atoms with Crippen LogP contribution in [-0.2, 0) is 4.79 Å². The van der Waals surface area contributed by atoms with Crippen molar-refractivity contribution in [2.75, 3.05) is 20.8 Å². The van der Waals surface area contributed by atoms with E-state index in [9.17, 15) is 9.59 Å². The van der Waals surface area contributed by atoms with Crippen LogP contribution in [-0.4, -0.2) is 37.6 Å². The van der Waals surface area contributed by atoms with E-state index in [0.717, 1.165) is 24.0 Å². The summed E-state index contributed by atoms with van der Waals surface area (Å²) in [7, 11) is 3.19. The minimum absolute atomic E-state index is 0.0233. The molecule has 0 aliphatic carbocycles. The van der Waals surface area contributed by atoms with Gasteiger partial charge in [0.1, 0.15) is 0 Å². The topological polar surface area (TPSA) is 93.9 Å². The predicted octanol–water partition coefficient (Wildman–Crippen LogP) is 3.17. The van der Waals surface area contributed by atoms with Crippen molar-refractivity contribution in [1.82, 2.24) is 10.2 Å². The van der Waals surface area contributed by atoms with Gasteiger partial charge in [-0.05, 0) is 36.1 Å². The van der Waals surface area contributed by atoms with E-state index in [-0.39, 0.29) is 18.4 Å². The Hall–Kier alpha value is -3.22. The molecule has 0 spiro atoms. The van der Waals surface area contributed by atoms with E-state index < -0.39 is 12.1 Å². The van der Waals surface area contributed by atoms with Crippen LogP contribution in [0.15, 0.2) is 48.5 Å². The Labute approximate surface area is 170 Å². The molecule has 0 aromatic heterocycles. The molecule has 7 heteroatoms. The number of carbonyl (C=O) groups excluding carboxylic acids is 2. The Morgan fingerprint density at radius 1 is 1.14 bits per heavy atom. The van der Waals surface area contributed by atoms with Gasteiger partial charge in [-0.25, -0.2) is 4.79 Å². The van der Waals surface area contributed by atoms with Crippen LogP contribution in [0, 0.1) is 0 Å². The van der Waals surface area contributed by atoms with E-state index in [1.807, 2.05) is 53.4 Å². The average Bonchev–Trinajstić information content (AvgIpc) is 3.23. The first-order valence-electron chi connectivity index (χ1n) is 9.65. The van der Waals surface area contributed by atoms with Gasteiger partial charge in [0, 0.05) is 6.54 Å². The molecule has 29 heavy (non-hydrogen) atoms. The monoisotopic (exact) mass is 397 g/mol. The molecule has 0 saturated carbocycles. The van der Waals surface area contributed by atoms with E-state index in [0.29, 0.717) is 18.0 Å². The maximum Gasteiger partial charge on any atom is 0.312 e. The van der Waals surface area contributed by atoms with Gasteiger partial charge in [0.05, 0.1) is 32.7 Å². The van der Waals surface area contributed by atoms with Crippen LogP contribution in [0.25, 0.3) is 0 Å². The van der Waals surface area contributed by atoms with Gasteiger partial charge in [-0.15, -0.1) is 0 Å². The molecule has 3 amide bonds. The second kappa shape index (κ2) is 9.32. The van der Waals surface area contributed by atoms with Gasteiger partial charge in [-0.2, -0.15) is 0 Å². The summed E-state index contributed by atoms with van der Waals surface area (Å²) in [4.78, 5) is 26.5. The van der Waals surface area contributed by atoms with Gasteiger partial charge in [0.15, 0.2) is 11.5 Å². The molecule has 2 aromatic rings. The SMILES string of the molecule is COc1ccc([C@H]2CCCN2C(=O)C[C@H](NC(N)=O)c2ccccc2)cc1OC. The summed E-state index contributed by atoms with van der Waals surface area (Å²) < 4.78 is 10.7. The second-order valence-electron chi connectivity index (χ2n) is 7.04. The van der Waals surface area contributed by atoms with Crippen LogP contribution in [0.4, 0.5) is 4.79 Å². The number of ether oxygens (including phenoxy) is 2. The van der Waals surface area contributed by atoms with E-state index in [4.69, 9.17) is 15.2 Å². The largest absolute Gasteiger partial charge is 0.493 e. The van der Waals surface area contributed by atoms with Gasteiger partial charge >= 0.3 is 6.03 Å². The van der Waals surface area contributed by atoms with Crippen LogP contribution in [0.3, 0.4) is 0 Å². The normalized spacial score (nSPS) is 16.9. The zero-order chi connectivity index (χ0) is 20.8. The van der Waals surface area contributed by atoms with Crippen molar-refractivity contribution < 1.29 is 19.1 Å². The van der Waals surface area contributed by atoms with E-state index >= 15 is 0 Å². The maximum atomic E-state index is 13.1. The molecule has 1 aliphatic rings. The zero-order valence-corrected chi connectivity index (χ0v) is 16.8. The molecule has 0 unspecified atom stereocenters. The quantitative estimate of drug-likeness (QED) is 0.750. The zero-order valence-electron chi connectivity index (χ0n) is 16.8. The minimum atomic E-state index is -0.649. The fourth-order valence-electron chi connectivity index (χ4n) is 3.87. The molecule has 2 atom stereocenters. The highest BCUT2D eigenvalue weighted by atomic mass is 16.5. The Morgan fingerprint density at radius 2 is 1.86 bits per heavy atom. The average molecular weight is 397 g/mol. The number of nitrogens with two attached hydrogens (primary N) is 1. The predicted molar refractivity (Wildman–Crippen MR) is 110 cm³/mol. The first-order chi connectivity index (χ1) is 14.0.